The van der Waals surface area contributed by atoms with Gasteiger partial charge in [-0.3, -0.25) is 4.99 Å². The summed E-state index contributed by atoms with van der Waals surface area (Å²) in [5.41, 5.74) is 7.60. The Morgan fingerprint density at radius 3 is 2.80 bits per heavy atom. The van der Waals surface area contributed by atoms with Gasteiger partial charge in [0.1, 0.15) is 5.84 Å². The quantitative estimate of drug-likeness (QED) is 0.784. The van der Waals surface area contributed by atoms with Crippen molar-refractivity contribution in [2.24, 2.45) is 4.99 Å². The number of hydrazine groups is 1. The van der Waals surface area contributed by atoms with Crippen molar-refractivity contribution in [3.8, 4) is 0 Å². The average Bonchev–Trinajstić information content (AvgIpc) is 2.31. The van der Waals surface area contributed by atoms with Crippen molar-refractivity contribution >= 4 is 5.84 Å². The summed E-state index contributed by atoms with van der Waals surface area (Å²) in [6, 6.07) is 10.6. The third-order valence-electron chi connectivity index (χ3n) is 2.64. The molecule has 0 fully saturated rings. The third kappa shape index (κ3) is 2.80. The molecule has 15 heavy (non-hydrogen) atoms. The van der Waals surface area contributed by atoms with Gasteiger partial charge >= 0.3 is 0 Å². The molecule has 1 aromatic rings. The Hall–Kier alpha value is -1.35. The fourth-order valence-corrected chi connectivity index (χ4v) is 1.76. The molecule has 1 unspecified atom stereocenters. The van der Waals surface area contributed by atoms with Gasteiger partial charge in [-0.05, 0) is 11.5 Å². The first-order chi connectivity index (χ1) is 7.36. The standard InChI is InChI=1S/C12H17N3/c1-10(11-5-3-2-4-6-11)9-12-13-7-8-14-15-12/h2-6,10,14H,7-9H2,1H3,(H,13,15). The van der Waals surface area contributed by atoms with Crippen LogP contribution < -0.4 is 10.9 Å². The van der Waals surface area contributed by atoms with Crippen molar-refractivity contribution in [1.82, 2.24) is 10.9 Å². The van der Waals surface area contributed by atoms with E-state index >= 15 is 0 Å². The molecule has 0 spiro atoms. The second-order valence-corrected chi connectivity index (χ2v) is 3.90. The summed E-state index contributed by atoms with van der Waals surface area (Å²) in [6.07, 6.45) is 0.969. The van der Waals surface area contributed by atoms with Gasteiger partial charge in [0, 0.05) is 13.0 Å². The predicted molar refractivity (Wildman–Crippen MR) is 62.9 cm³/mol. The average molecular weight is 203 g/mol. The lowest BCUT2D eigenvalue weighted by Crippen LogP contribution is -2.43. The van der Waals surface area contributed by atoms with Gasteiger partial charge in [0.15, 0.2) is 0 Å². The van der Waals surface area contributed by atoms with Gasteiger partial charge < -0.3 is 5.43 Å². The monoisotopic (exact) mass is 203 g/mol. The number of amidine groups is 1. The molecule has 0 saturated carbocycles. The largest absolute Gasteiger partial charge is 0.310 e. The summed E-state index contributed by atoms with van der Waals surface area (Å²) in [6.45, 7) is 4.03. The number of benzene rings is 1. The molecule has 1 aliphatic rings. The van der Waals surface area contributed by atoms with Gasteiger partial charge in [-0.15, -0.1) is 0 Å². The highest BCUT2D eigenvalue weighted by atomic mass is 15.4. The topological polar surface area (TPSA) is 36.4 Å². The van der Waals surface area contributed by atoms with Crippen LogP contribution in [0.25, 0.3) is 0 Å². The van der Waals surface area contributed by atoms with E-state index in [2.05, 4.69) is 47.0 Å². The van der Waals surface area contributed by atoms with Crippen LogP contribution in [0, 0.1) is 0 Å². The van der Waals surface area contributed by atoms with E-state index in [-0.39, 0.29) is 0 Å². The van der Waals surface area contributed by atoms with Crippen LogP contribution in [0.3, 0.4) is 0 Å². The van der Waals surface area contributed by atoms with Gasteiger partial charge in [-0.25, -0.2) is 5.43 Å². The number of nitrogens with zero attached hydrogens (tertiary/aromatic N) is 1. The molecule has 0 amide bonds. The van der Waals surface area contributed by atoms with E-state index < -0.39 is 0 Å². The molecular formula is C12H17N3. The van der Waals surface area contributed by atoms with Crippen LogP contribution in [-0.4, -0.2) is 18.9 Å². The molecule has 1 aliphatic heterocycles. The molecule has 0 aromatic heterocycles. The van der Waals surface area contributed by atoms with Crippen molar-refractivity contribution in [3.63, 3.8) is 0 Å². The third-order valence-corrected chi connectivity index (χ3v) is 2.64. The SMILES string of the molecule is CC(CC1=NCCNN1)c1ccccc1. The van der Waals surface area contributed by atoms with Crippen molar-refractivity contribution in [3.05, 3.63) is 35.9 Å². The summed E-state index contributed by atoms with van der Waals surface area (Å²) in [7, 11) is 0. The number of hydrogen-bond acceptors (Lipinski definition) is 3. The Labute approximate surface area is 90.6 Å². The highest BCUT2D eigenvalue weighted by molar-refractivity contribution is 5.82. The van der Waals surface area contributed by atoms with Crippen LogP contribution in [0.5, 0.6) is 0 Å². The summed E-state index contributed by atoms with van der Waals surface area (Å²) < 4.78 is 0. The van der Waals surface area contributed by atoms with Crippen LogP contribution in [0.1, 0.15) is 24.8 Å². The Morgan fingerprint density at radius 2 is 2.13 bits per heavy atom. The molecule has 3 heteroatoms. The molecule has 0 saturated heterocycles. The Kier molecular flexibility index (Phi) is 3.35. The number of nitrogens with one attached hydrogen (secondary N) is 2. The second-order valence-electron chi connectivity index (χ2n) is 3.90. The molecule has 0 aliphatic carbocycles. The zero-order valence-electron chi connectivity index (χ0n) is 9.03. The minimum Gasteiger partial charge on any atom is -0.310 e. The smallest absolute Gasteiger partial charge is 0.111 e. The van der Waals surface area contributed by atoms with Crippen molar-refractivity contribution in [2.45, 2.75) is 19.3 Å². The van der Waals surface area contributed by atoms with E-state index in [1.807, 2.05) is 6.07 Å². The molecule has 1 atom stereocenters. The van der Waals surface area contributed by atoms with E-state index in [0.717, 1.165) is 25.3 Å². The van der Waals surface area contributed by atoms with E-state index in [0.29, 0.717) is 5.92 Å². The number of rotatable bonds is 3. The Bertz CT molecular complexity index is 332. The van der Waals surface area contributed by atoms with Crippen LogP contribution in [0.4, 0.5) is 0 Å². The van der Waals surface area contributed by atoms with Crippen LogP contribution >= 0.6 is 0 Å². The lowest BCUT2D eigenvalue weighted by atomic mass is 9.97. The highest BCUT2D eigenvalue weighted by Gasteiger charge is 2.10. The van der Waals surface area contributed by atoms with Crippen molar-refractivity contribution in [2.75, 3.05) is 13.1 Å². The molecule has 2 N–H and O–H groups in total. The first kappa shape index (κ1) is 10.2. The summed E-state index contributed by atoms with van der Waals surface area (Å²) in [5, 5.41) is 0. The van der Waals surface area contributed by atoms with Crippen LogP contribution in [0.2, 0.25) is 0 Å². The summed E-state index contributed by atoms with van der Waals surface area (Å²) >= 11 is 0. The number of aliphatic imine (C=N–C) groups is 1. The first-order valence-electron chi connectivity index (χ1n) is 5.43. The molecular weight excluding hydrogens is 186 g/mol. The molecule has 0 bridgehead atoms. The lowest BCUT2D eigenvalue weighted by molar-refractivity contribution is 0.604. The zero-order valence-corrected chi connectivity index (χ0v) is 9.03. The first-order valence-corrected chi connectivity index (χ1v) is 5.43. The predicted octanol–water partition coefficient (Wildman–Crippen LogP) is 1.69. The second kappa shape index (κ2) is 4.94. The van der Waals surface area contributed by atoms with Gasteiger partial charge in [0.25, 0.3) is 0 Å². The fourth-order valence-electron chi connectivity index (χ4n) is 1.76. The van der Waals surface area contributed by atoms with Gasteiger partial charge in [0.2, 0.25) is 0 Å². The van der Waals surface area contributed by atoms with E-state index in [4.69, 9.17) is 0 Å². The molecule has 80 valence electrons. The Balaban J connectivity index is 1.97. The highest BCUT2D eigenvalue weighted by Crippen LogP contribution is 2.18. The Morgan fingerprint density at radius 1 is 1.33 bits per heavy atom. The molecule has 1 heterocycles. The summed E-state index contributed by atoms with van der Waals surface area (Å²) in [4.78, 5) is 4.44. The summed E-state index contributed by atoms with van der Waals surface area (Å²) in [5.74, 6) is 1.58. The van der Waals surface area contributed by atoms with E-state index in [9.17, 15) is 0 Å². The fraction of sp³-hybridized carbons (Fsp3) is 0.417. The van der Waals surface area contributed by atoms with Crippen molar-refractivity contribution in [1.29, 1.82) is 0 Å². The normalized spacial score (nSPS) is 17.8. The maximum Gasteiger partial charge on any atom is 0.111 e. The van der Waals surface area contributed by atoms with Gasteiger partial charge in [-0.1, -0.05) is 37.3 Å². The van der Waals surface area contributed by atoms with Crippen LogP contribution in [0.15, 0.2) is 35.3 Å². The molecule has 0 radical (unpaired) electrons. The number of hydrogen-bond donors (Lipinski definition) is 2. The van der Waals surface area contributed by atoms with Gasteiger partial charge in [-0.2, -0.15) is 0 Å². The van der Waals surface area contributed by atoms with Gasteiger partial charge in [0.05, 0.1) is 6.54 Å². The van der Waals surface area contributed by atoms with Crippen LogP contribution in [-0.2, 0) is 0 Å². The van der Waals surface area contributed by atoms with E-state index in [1.54, 1.807) is 0 Å². The molecule has 2 rings (SSSR count). The molecule has 1 aromatic carbocycles. The van der Waals surface area contributed by atoms with Crippen molar-refractivity contribution < 1.29 is 0 Å². The lowest BCUT2D eigenvalue weighted by Gasteiger charge is -2.19. The molecule has 3 nitrogen and oxygen atoms in total. The van der Waals surface area contributed by atoms with E-state index in [1.165, 1.54) is 5.56 Å². The minimum atomic E-state index is 0.511. The minimum absolute atomic E-state index is 0.511. The maximum absolute atomic E-state index is 4.44. The zero-order chi connectivity index (χ0) is 10.5. The maximum atomic E-state index is 4.44.